The smallest absolute Gasteiger partial charge is 0.226 e. The predicted molar refractivity (Wildman–Crippen MR) is 86.0 cm³/mol. The second kappa shape index (κ2) is 5.65. The zero-order valence-electron chi connectivity index (χ0n) is 11.8. The van der Waals surface area contributed by atoms with Gasteiger partial charge < -0.3 is 10.6 Å². The molecule has 0 saturated heterocycles. The Morgan fingerprint density at radius 2 is 2.10 bits per heavy atom. The monoisotopic (exact) mass is 302 g/mol. The number of hydrogen-bond acceptors (Lipinski definition) is 5. The van der Waals surface area contributed by atoms with Crippen LogP contribution in [0.15, 0.2) is 29.6 Å². The fourth-order valence-electron chi connectivity index (χ4n) is 2.00. The van der Waals surface area contributed by atoms with Gasteiger partial charge in [-0.15, -0.1) is 11.3 Å². The largest absolute Gasteiger partial charge is 0.354 e. The fourth-order valence-corrected chi connectivity index (χ4v) is 2.76. The summed E-state index contributed by atoms with van der Waals surface area (Å²) in [6.07, 6.45) is 0. The summed E-state index contributed by atoms with van der Waals surface area (Å²) in [6, 6.07) is 7.02. The van der Waals surface area contributed by atoms with E-state index < -0.39 is 0 Å². The van der Waals surface area contributed by atoms with Gasteiger partial charge in [0, 0.05) is 12.2 Å². The van der Waals surface area contributed by atoms with Gasteiger partial charge in [-0.05, 0) is 43.0 Å². The molecule has 0 radical (unpaired) electrons. The summed E-state index contributed by atoms with van der Waals surface area (Å²) in [7, 11) is 0. The highest BCUT2D eigenvalue weighted by atomic mass is 32.1. The van der Waals surface area contributed by atoms with Gasteiger partial charge in [0.1, 0.15) is 16.5 Å². The van der Waals surface area contributed by atoms with E-state index in [9.17, 15) is 4.39 Å². The van der Waals surface area contributed by atoms with E-state index >= 15 is 0 Å². The van der Waals surface area contributed by atoms with Crippen molar-refractivity contribution in [2.45, 2.75) is 13.8 Å². The van der Waals surface area contributed by atoms with Crippen LogP contribution in [0.4, 0.5) is 21.8 Å². The van der Waals surface area contributed by atoms with Gasteiger partial charge in [0.25, 0.3) is 0 Å². The molecule has 2 heterocycles. The molecule has 2 N–H and O–H groups in total. The maximum atomic E-state index is 13.7. The molecule has 0 aliphatic rings. The molecule has 0 saturated carbocycles. The number of thiophene rings is 1. The van der Waals surface area contributed by atoms with Crippen molar-refractivity contribution in [1.29, 1.82) is 0 Å². The topological polar surface area (TPSA) is 49.8 Å². The van der Waals surface area contributed by atoms with Crippen LogP contribution >= 0.6 is 11.3 Å². The Morgan fingerprint density at radius 3 is 2.86 bits per heavy atom. The lowest BCUT2D eigenvalue weighted by Gasteiger charge is -2.10. The van der Waals surface area contributed by atoms with E-state index in [2.05, 4.69) is 20.6 Å². The van der Waals surface area contributed by atoms with E-state index in [4.69, 9.17) is 0 Å². The Hall–Kier alpha value is -2.21. The van der Waals surface area contributed by atoms with Crippen LogP contribution in [0.3, 0.4) is 0 Å². The summed E-state index contributed by atoms with van der Waals surface area (Å²) in [4.78, 5) is 9.80. The highest BCUT2D eigenvalue weighted by molar-refractivity contribution is 7.16. The van der Waals surface area contributed by atoms with E-state index in [-0.39, 0.29) is 5.82 Å². The molecule has 3 aromatic rings. The Bertz CT molecular complexity index is 784. The molecule has 0 fully saturated rings. The number of benzene rings is 1. The van der Waals surface area contributed by atoms with Crippen molar-refractivity contribution < 1.29 is 4.39 Å². The van der Waals surface area contributed by atoms with E-state index in [0.29, 0.717) is 23.0 Å². The normalized spacial score (nSPS) is 10.8. The molecule has 108 valence electrons. The van der Waals surface area contributed by atoms with Crippen molar-refractivity contribution >= 4 is 39.0 Å². The highest BCUT2D eigenvalue weighted by Crippen LogP contribution is 2.29. The molecule has 3 rings (SSSR count). The summed E-state index contributed by atoms with van der Waals surface area (Å²) in [5, 5.41) is 9.18. The molecule has 0 spiro atoms. The third kappa shape index (κ3) is 2.80. The van der Waals surface area contributed by atoms with Gasteiger partial charge in [-0.1, -0.05) is 6.07 Å². The van der Waals surface area contributed by atoms with Crippen molar-refractivity contribution in [2.75, 3.05) is 17.2 Å². The fraction of sp³-hybridized carbons (Fsp3) is 0.200. The van der Waals surface area contributed by atoms with Gasteiger partial charge >= 0.3 is 0 Å². The van der Waals surface area contributed by atoms with Gasteiger partial charge in [-0.3, -0.25) is 0 Å². The average Bonchev–Trinajstić information content (AvgIpc) is 2.92. The number of anilines is 3. The molecule has 21 heavy (non-hydrogen) atoms. The van der Waals surface area contributed by atoms with Crippen LogP contribution in [0, 0.1) is 12.7 Å². The zero-order valence-corrected chi connectivity index (χ0v) is 12.6. The van der Waals surface area contributed by atoms with Crippen molar-refractivity contribution in [3.63, 3.8) is 0 Å². The van der Waals surface area contributed by atoms with Crippen molar-refractivity contribution in [1.82, 2.24) is 9.97 Å². The van der Waals surface area contributed by atoms with Crippen LogP contribution < -0.4 is 10.6 Å². The Kier molecular flexibility index (Phi) is 3.70. The first-order valence-corrected chi connectivity index (χ1v) is 7.57. The summed E-state index contributed by atoms with van der Waals surface area (Å²) in [5.74, 6) is 1.02. The molecular formula is C15H15FN4S. The van der Waals surface area contributed by atoms with Crippen molar-refractivity contribution in [2.24, 2.45) is 0 Å². The summed E-state index contributed by atoms with van der Waals surface area (Å²) < 4.78 is 13.7. The number of rotatable bonds is 4. The third-order valence-electron chi connectivity index (χ3n) is 3.09. The Morgan fingerprint density at radius 1 is 1.24 bits per heavy atom. The number of nitrogens with zero attached hydrogens (tertiary/aromatic N) is 2. The lowest BCUT2D eigenvalue weighted by Crippen LogP contribution is -2.04. The molecule has 0 aliphatic carbocycles. The van der Waals surface area contributed by atoms with Crippen LogP contribution in [-0.2, 0) is 0 Å². The number of nitrogens with one attached hydrogen (secondary N) is 2. The maximum absolute atomic E-state index is 13.7. The molecule has 4 nitrogen and oxygen atoms in total. The minimum absolute atomic E-state index is 0.234. The first kappa shape index (κ1) is 13.8. The van der Waals surface area contributed by atoms with Crippen molar-refractivity contribution in [3.05, 3.63) is 41.0 Å². The van der Waals surface area contributed by atoms with Crippen LogP contribution in [0.2, 0.25) is 0 Å². The Balaban J connectivity index is 2.01. The summed E-state index contributed by atoms with van der Waals surface area (Å²) in [6.45, 7) is 4.48. The van der Waals surface area contributed by atoms with E-state index in [1.807, 2.05) is 24.4 Å². The number of halogens is 1. The predicted octanol–water partition coefficient (Wildman–Crippen LogP) is 4.31. The maximum Gasteiger partial charge on any atom is 0.226 e. The minimum Gasteiger partial charge on any atom is -0.354 e. The van der Waals surface area contributed by atoms with E-state index in [1.165, 1.54) is 6.07 Å². The standard InChI is InChI=1S/C15H15FN4S/c1-3-17-15-19-13(11-6-7-21-14(11)20-15)18-10-5-4-9(2)12(16)8-10/h4-8H,3H2,1-2H3,(H2,17,18,19,20). The minimum atomic E-state index is -0.234. The Labute approximate surface area is 126 Å². The number of hydrogen-bond donors (Lipinski definition) is 2. The van der Waals surface area contributed by atoms with Gasteiger partial charge in [0.2, 0.25) is 5.95 Å². The third-order valence-corrected chi connectivity index (χ3v) is 3.90. The molecule has 6 heteroatoms. The number of fused-ring (bicyclic) bond motifs is 1. The second-order valence-electron chi connectivity index (χ2n) is 4.65. The lowest BCUT2D eigenvalue weighted by molar-refractivity contribution is 0.619. The van der Waals surface area contributed by atoms with Gasteiger partial charge in [-0.25, -0.2) is 9.37 Å². The van der Waals surface area contributed by atoms with Crippen LogP contribution in [-0.4, -0.2) is 16.5 Å². The molecule has 1 aromatic carbocycles. The van der Waals surface area contributed by atoms with Crippen molar-refractivity contribution in [3.8, 4) is 0 Å². The van der Waals surface area contributed by atoms with Crippen LogP contribution in [0.1, 0.15) is 12.5 Å². The molecule has 0 atom stereocenters. The highest BCUT2D eigenvalue weighted by Gasteiger charge is 2.09. The first-order valence-electron chi connectivity index (χ1n) is 6.69. The molecule has 0 amide bonds. The van der Waals surface area contributed by atoms with Gasteiger partial charge in [0.05, 0.1) is 5.39 Å². The lowest BCUT2D eigenvalue weighted by atomic mass is 10.2. The molecule has 2 aromatic heterocycles. The quantitative estimate of drug-likeness (QED) is 0.754. The summed E-state index contributed by atoms with van der Waals surface area (Å²) in [5.41, 5.74) is 1.30. The SMILES string of the molecule is CCNc1nc(Nc2ccc(C)c(F)c2)c2ccsc2n1. The van der Waals surface area contributed by atoms with Crippen LogP contribution in [0.5, 0.6) is 0 Å². The first-order chi connectivity index (χ1) is 10.2. The zero-order chi connectivity index (χ0) is 14.8. The molecule has 0 aliphatic heterocycles. The van der Waals surface area contributed by atoms with Crippen LogP contribution in [0.25, 0.3) is 10.2 Å². The molecule has 0 unspecified atom stereocenters. The molecule has 0 bridgehead atoms. The summed E-state index contributed by atoms with van der Waals surface area (Å²) >= 11 is 1.55. The number of aryl methyl sites for hydroxylation is 1. The molecular weight excluding hydrogens is 287 g/mol. The second-order valence-corrected chi connectivity index (χ2v) is 5.55. The average molecular weight is 302 g/mol. The van der Waals surface area contributed by atoms with E-state index in [1.54, 1.807) is 24.3 Å². The van der Waals surface area contributed by atoms with E-state index in [0.717, 1.165) is 16.8 Å². The number of aromatic nitrogens is 2. The van der Waals surface area contributed by atoms with Gasteiger partial charge in [-0.2, -0.15) is 4.98 Å². The van der Waals surface area contributed by atoms with Gasteiger partial charge in [0.15, 0.2) is 0 Å².